The van der Waals surface area contributed by atoms with E-state index in [1.807, 2.05) is 24.3 Å². The van der Waals surface area contributed by atoms with E-state index in [-0.39, 0.29) is 0 Å². The van der Waals surface area contributed by atoms with Crippen LogP contribution in [0.2, 0.25) is 5.02 Å². The second-order valence-electron chi connectivity index (χ2n) is 5.94. The van der Waals surface area contributed by atoms with Crippen LogP contribution < -0.4 is 10.1 Å². The molecule has 0 atom stereocenters. The molecule has 3 aromatic carbocycles. The highest BCUT2D eigenvalue weighted by Gasteiger charge is 2.09. The molecule has 0 unspecified atom stereocenters. The van der Waals surface area contributed by atoms with Gasteiger partial charge in [0.2, 0.25) is 0 Å². The lowest BCUT2D eigenvalue weighted by molar-refractivity contribution is 0.415. The summed E-state index contributed by atoms with van der Waals surface area (Å²) in [6, 6.07) is 15.3. The number of hydrogen-bond donors (Lipinski definition) is 2. The Labute approximate surface area is 159 Å². The largest absolute Gasteiger partial charge is 0.505 e. The van der Waals surface area contributed by atoms with Crippen LogP contribution in [-0.4, -0.2) is 22.0 Å². The number of aromatic nitrogens is 2. The number of ether oxygens (including phenoxy) is 1. The molecule has 0 saturated heterocycles. The molecule has 7 heteroatoms. The first-order valence-electron chi connectivity index (χ1n) is 8.12. The van der Waals surface area contributed by atoms with Gasteiger partial charge in [0.1, 0.15) is 5.75 Å². The molecule has 27 heavy (non-hydrogen) atoms. The van der Waals surface area contributed by atoms with Gasteiger partial charge in [-0.25, -0.2) is 9.07 Å². The molecule has 1 heterocycles. The van der Waals surface area contributed by atoms with Crippen LogP contribution >= 0.6 is 11.6 Å². The van der Waals surface area contributed by atoms with E-state index in [2.05, 4.69) is 10.4 Å². The summed E-state index contributed by atoms with van der Waals surface area (Å²) in [7, 11) is 1.57. The summed E-state index contributed by atoms with van der Waals surface area (Å²) in [5.41, 5.74) is 3.10. The van der Waals surface area contributed by atoms with Crippen LogP contribution in [0.4, 0.5) is 15.8 Å². The molecule has 4 rings (SSSR count). The van der Waals surface area contributed by atoms with Gasteiger partial charge in [0.05, 0.1) is 29.5 Å². The predicted octanol–water partition coefficient (Wildman–Crippen LogP) is 5.28. The molecule has 0 amide bonds. The highest BCUT2D eigenvalue weighted by molar-refractivity contribution is 6.32. The van der Waals surface area contributed by atoms with Gasteiger partial charge in [0.25, 0.3) is 0 Å². The fourth-order valence-corrected chi connectivity index (χ4v) is 3.12. The van der Waals surface area contributed by atoms with Gasteiger partial charge in [0.15, 0.2) is 11.6 Å². The second-order valence-corrected chi connectivity index (χ2v) is 6.35. The molecule has 1 aromatic heterocycles. The molecule has 4 aromatic rings. The third-order valence-corrected chi connectivity index (χ3v) is 4.48. The molecule has 0 aliphatic carbocycles. The molecule has 0 radical (unpaired) electrons. The van der Waals surface area contributed by atoms with E-state index in [9.17, 15) is 9.50 Å². The van der Waals surface area contributed by atoms with Crippen molar-refractivity contribution in [2.75, 3.05) is 12.4 Å². The van der Waals surface area contributed by atoms with Crippen molar-refractivity contribution in [2.45, 2.75) is 0 Å². The normalized spacial score (nSPS) is 10.9. The zero-order chi connectivity index (χ0) is 19.0. The lowest BCUT2D eigenvalue weighted by atomic mass is 10.2. The zero-order valence-electron chi connectivity index (χ0n) is 14.3. The molecule has 0 spiro atoms. The Hall–Kier alpha value is -3.25. The molecule has 5 nitrogen and oxygen atoms in total. The van der Waals surface area contributed by atoms with Gasteiger partial charge >= 0.3 is 0 Å². The topological polar surface area (TPSA) is 59.3 Å². The molecule has 0 saturated carbocycles. The lowest BCUT2D eigenvalue weighted by Crippen LogP contribution is -1.96. The number of phenols is 1. The van der Waals surface area contributed by atoms with Crippen molar-refractivity contribution in [3.63, 3.8) is 0 Å². The number of nitrogens with one attached hydrogen (secondary N) is 1. The molecule has 136 valence electrons. The maximum Gasteiger partial charge on any atom is 0.164 e. The van der Waals surface area contributed by atoms with E-state index >= 15 is 0 Å². The van der Waals surface area contributed by atoms with Crippen molar-refractivity contribution >= 4 is 33.9 Å². The average Bonchev–Trinajstić information content (AvgIpc) is 3.07. The van der Waals surface area contributed by atoms with Crippen LogP contribution in [0.3, 0.4) is 0 Å². The first kappa shape index (κ1) is 17.2. The van der Waals surface area contributed by atoms with Crippen molar-refractivity contribution < 1.29 is 14.2 Å². The highest BCUT2D eigenvalue weighted by atomic mass is 35.5. The number of halogens is 2. The summed E-state index contributed by atoms with van der Waals surface area (Å²) in [6.45, 7) is 0. The molecule has 0 aliphatic heterocycles. The van der Waals surface area contributed by atoms with Gasteiger partial charge in [-0.3, -0.25) is 0 Å². The van der Waals surface area contributed by atoms with E-state index < -0.39 is 11.6 Å². The van der Waals surface area contributed by atoms with Gasteiger partial charge in [-0.1, -0.05) is 11.6 Å². The molecular formula is C20H15ClFN3O2. The smallest absolute Gasteiger partial charge is 0.164 e. The van der Waals surface area contributed by atoms with Gasteiger partial charge in [-0.05, 0) is 48.5 Å². The first-order valence-corrected chi connectivity index (χ1v) is 8.50. The number of methoxy groups -OCH3 is 1. The molecule has 0 aliphatic rings. The van der Waals surface area contributed by atoms with E-state index in [0.717, 1.165) is 22.3 Å². The Kier molecular flexibility index (Phi) is 4.33. The number of fused-ring (bicyclic) bond motifs is 1. The van der Waals surface area contributed by atoms with Crippen LogP contribution in [0.25, 0.3) is 16.6 Å². The minimum absolute atomic E-state index is 0.411. The van der Waals surface area contributed by atoms with E-state index in [1.54, 1.807) is 36.2 Å². The number of rotatable bonds is 4. The SMILES string of the molecule is COc1ccc(Nc2ccc3c(cnn3-c3ccc(F)c(O)c3)c2)cc1Cl. The first-order chi connectivity index (χ1) is 13.0. The summed E-state index contributed by atoms with van der Waals surface area (Å²) in [5.74, 6) is -0.466. The number of aromatic hydroxyl groups is 1. The minimum Gasteiger partial charge on any atom is -0.505 e. The zero-order valence-corrected chi connectivity index (χ0v) is 15.0. The molecule has 2 N–H and O–H groups in total. The van der Waals surface area contributed by atoms with Crippen molar-refractivity contribution in [3.05, 3.63) is 71.6 Å². The maximum atomic E-state index is 13.3. The summed E-state index contributed by atoms with van der Waals surface area (Å²) >= 11 is 6.16. The number of phenolic OH excluding ortho intramolecular Hbond substituents is 1. The number of nitrogens with zero attached hydrogens (tertiary/aromatic N) is 2. The van der Waals surface area contributed by atoms with Crippen molar-refractivity contribution in [1.29, 1.82) is 0 Å². The molecular weight excluding hydrogens is 369 g/mol. The van der Waals surface area contributed by atoms with Crippen LogP contribution in [-0.2, 0) is 0 Å². The van der Waals surface area contributed by atoms with Crippen molar-refractivity contribution in [2.24, 2.45) is 0 Å². The predicted molar refractivity (Wildman–Crippen MR) is 104 cm³/mol. The fraction of sp³-hybridized carbons (Fsp3) is 0.0500. The average molecular weight is 384 g/mol. The third-order valence-electron chi connectivity index (χ3n) is 4.18. The van der Waals surface area contributed by atoms with Crippen molar-refractivity contribution in [3.8, 4) is 17.2 Å². The maximum absolute atomic E-state index is 13.3. The number of benzene rings is 3. The Morgan fingerprint density at radius 3 is 2.59 bits per heavy atom. The Morgan fingerprint density at radius 2 is 1.85 bits per heavy atom. The van der Waals surface area contributed by atoms with Crippen LogP contribution in [0.15, 0.2) is 60.8 Å². The summed E-state index contributed by atoms with van der Waals surface area (Å²) in [5, 5.41) is 18.6. The number of hydrogen-bond acceptors (Lipinski definition) is 4. The molecule has 0 bridgehead atoms. The minimum atomic E-state index is -0.667. The van der Waals surface area contributed by atoms with E-state index in [4.69, 9.17) is 16.3 Å². The van der Waals surface area contributed by atoms with E-state index in [0.29, 0.717) is 16.5 Å². The van der Waals surface area contributed by atoms with Crippen LogP contribution in [0, 0.1) is 5.82 Å². The van der Waals surface area contributed by atoms with E-state index in [1.165, 1.54) is 12.1 Å². The van der Waals surface area contributed by atoms with Crippen LogP contribution in [0.1, 0.15) is 0 Å². The van der Waals surface area contributed by atoms with Crippen LogP contribution in [0.5, 0.6) is 11.5 Å². The summed E-state index contributed by atoms with van der Waals surface area (Å²) in [4.78, 5) is 0. The van der Waals surface area contributed by atoms with Gasteiger partial charge < -0.3 is 15.2 Å². The second kappa shape index (κ2) is 6.81. The summed E-state index contributed by atoms with van der Waals surface area (Å²) < 4.78 is 20.1. The summed E-state index contributed by atoms with van der Waals surface area (Å²) in [6.07, 6.45) is 1.71. The van der Waals surface area contributed by atoms with Gasteiger partial charge in [0, 0.05) is 22.8 Å². The lowest BCUT2D eigenvalue weighted by Gasteiger charge is -2.10. The van der Waals surface area contributed by atoms with Gasteiger partial charge in [-0.15, -0.1) is 0 Å². The van der Waals surface area contributed by atoms with Crippen molar-refractivity contribution in [1.82, 2.24) is 9.78 Å². The standard InChI is InChI=1S/C20H15ClFN3O2/c1-27-20-7-3-14(9-16(20)21)24-13-2-6-18-12(8-13)11-23-25(18)15-4-5-17(22)19(26)10-15/h2-11,24,26H,1H3. The molecule has 0 fully saturated rings. The van der Waals surface area contributed by atoms with Gasteiger partial charge in [-0.2, -0.15) is 5.10 Å². The highest BCUT2D eigenvalue weighted by Crippen LogP contribution is 2.30. The monoisotopic (exact) mass is 383 g/mol. The Bertz CT molecular complexity index is 1140. The Morgan fingerprint density at radius 1 is 1.07 bits per heavy atom. The fourth-order valence-electron chi connectivity index (χ4n) is 2.86. The quantitative estimate of drug-likeness (QED) is 0.503. The third kappa shape index (κ3) is 3.27. The number of anilines is 2. The Balaban J connectivity index is 1.66.